The summed E-state index contributed by atoms with van der Waals surface area (Å²) in [5.41, 5.74) is 0. The fraction of sp³-hybridized carbons (Fsp3) is 1.00. The zero-order chi connectivity index (χ0) is 12.4. The van der Waals surface area contributed by atoms with Crippen LogP contribution in [0.25, 0.3) is 0 Å². The van der Waals surface area contributed by atoms with Gasteiger partial charge in [-0.3, -0.25) is 0 Å². The van der Waals surface area contributed by atoms with E-state index in [4.69, 9.17) is 9.47 Å². The summed E-state index contributed by atoms with van der Waals surface area (Å²) >= 11 is 0. The molecule has 0 aromatic carbocycles. The molecule has 0 aliphatic carbocycles. The molecule has 0 amide bonds. The summed E-state index contributed by atoms with van der Waals surface area (Å²) in [5, 5.41) is 3.12. The van der Waals surface area contributed by atoms with Crippen molar-refractivity contribution in [2.75, 3.05) is 33.5 Å². The van der Waals surface area contributed by atoms with E-state index >= 15 is 0 Å². The van der Waals surface area contributed by atoms with E-state index in [1.165, 1.54) is 0 Å². The zero-order valence-corrected chi connectivity index (χ0v) is 9.77. The van der Waals surface area contributed by atoms with Gasteiger partial charge in [-0.2, -0.15) is 13.2 Å². The second kappa shape index (κ2) is 8.78. The van der Waals surface area contributed by atoms with E-state index in [-0.39, 0.29) is 19.1 Å². The smallest absolute Gasteiger partial charge is 0.383 e. The number of hydrogen-bond donors (Lipinski definition) is 1. The van der Waals surface area contributed by atoms with Crippen molar-refractivity contribution in [1.82, 2.24) is 5.32 Å². The van der Waals surface area contributed by atoms with Gasteiger partial charge >= 0.3 is 6.18 Å². The van der Waals surface area contributed by atoms with Crippen molar-refractivity contribution in [3.05, 3.63) is 0 Å². The molecule has 0 aliphatic heterocycles. The van der Waals surface area contributed by atoms with Gasteiger partial charge in [0.05, 0.1) is 13.2 Å². The summed E-state index contributed by atoms with van der Waals surface area (Å²) in [6, 6.07) is 0.226. The molecule has 0 fully saturated rings. The van der Waals surface area contributed by atoms with Crippen LogP contribution in [0.4, 0.5) is 13.2 Å². The van der Waals surface area contributed by atoms with Crippen molar-refractivity contribution in [2.24, 2.45) is 0 Å². The highest BCUT2D eigenvalue weighted by atomic mass is 19.4. The lowest BCUT2D eigenvalue weighted by Gasteiger charge is -2.12. The van der Waals surface area contributed by atoms with E-state index in [0.717, 1.165) is 0 Å². The summed E-state index contributed by atoms with van der Waals surface area (Å²) in [7, 11) is 1.62. The van der Waals surface area contributed by atoms with Gasteiger partial charge in [-0.05, 0) is 13.3 Å². The van der Waals surface area contributed by atoms with E-state index in [2.05, 4.69) is 5.32 Å². The van der Waals surface area contributed by atoms with Crippen molar-refractivity contribution in [3.8, 4) is 0 Å². The van der Waals surface area contributed by atoms with Crippen molar-refractivity contribution in [3.63, 3.8) is 0 Å². The monoisotopic (exact) mass is 243 g/mol. The van der Waals surface area contributed by atoms with Crippen LogP contribution in [0.3, 0.4) is 0 Å². The van der Waals surface area contributed by atoms with Crippen molar-refractivity contribution < 1.29 is 22.6 Å². The minimum absolute atomic E-state index is 0.0249. The fourth-order valence-corrected chi connectivity index (χ4v) is 1.16. The predicted molar refractivity (Wildman–Crippen MR) is 55.4 cm³/mol. The average Bonchev–Trinajstić information content (AvgIpc) is 2.15. The van der Waals surface area contributed by atoms with Gasteiger partial charge in [0.25, 0.3) is 0 Å². The zero-order valence-electron chi connectivity index (χ0n) is 9.77. The second-order valence-electron chi connectivity index (χ2n) is 3.64. The first-order chi connectivity index (χ1) is 7.45. The van der Waals surface area contributed by atoms with Crippen LogP contribution in [0.2, 0.25) is 0 Å². The number of alkyl halides is 3. The van der Waals surface area contributed by atoms with E-state index < -0.39 is 12.6 Å². The maximum absolute atomic E-state index is 11.7. The van der Waals surface area contributed by atoms with Crippen LogP contribution in [0, 0.1) is 0 Å². The van der Waals surface area contributed by atoms with Crippen molar-refractivity contribution in [1.29, 1.82) is 0 Å². The standard InChI is InChI=1S/C10H20F3NO2/c1-9(8-15-2)14-5-7-16-6-3-4-10(11,12)13/h9,14H,3-8H2,1-2H3. The van der Waals surface area contributed by atoms with Crippen LogP contribution in [-0.2, 0) is 9.47 Å². The Morgan fingerprint density at radius 3 is 2.50 bits per heavy atom. The molecule has 1 atom stereocenters. The van der Waals surface area contributed by atoms with Gasteiger partial charge in [0, 0.05) is 32.7 Å². The number of nitrogens with one attached hydrogen (secondary N) is 1. The van der Waals surface area contributed by atoms with E-state index in [0.29, 0.717) is 19.8 Å². The molecule has 0 saturated carbocycles. The molecule has 0 bridgehead atoms. The van der Waals surface area contributed by atoms with E-state index in [1.807, 2.05) is 6.92 Å². The summed E-state index contributed by atoms with van der Waals surface area (Å²) in [4.78, 5) is 0. The minimum atomic E-state index is -4.07. The Kier molecular flexibility index (Phi) is 8.60. The molecular formula is C10H20F3NO2. The maximum atomic E-state index is 11.7. The Bertz CT molecular complexity index is 165. The molecule has 0 radical (unpaired) electrons. The fourth-order valence-electron chi connectivity index (χ4n) is 1.16. The lowest BCUT2D eigenvalue weighted by molar-refractivity contribution is -0.137. The molecule has 1 unspecified atom stereocenters. The molecule has 0 aliphatic rings. The number of hydrogen-bond acceptors (Lipinski definition) is 3. The maximum Gasteiger partial charge on any atom is 0.389 e. The van der Waals surface area contributed by atoms with Crippen molar-refractivity contribution in [2.45, 2.75) is 32.0 Å². The van der Waals surface area contributed by atoms with Gasteiger partial charge in [-0.15, -0.1) is 0 Å². The molecule has 0 rings (SSSR count). The molecule has 0 aromatic heterocycles. The molecule has 0 saturated heterocycles. The number of methoxy groups -OCH3 is 1. The molecule has 6 heteroatoms. The third-order valence-electron chi connectivity index (χ3n) is 1.90. The lowest BCUT2D eigenvalue weighted by atomic mass is 10.3. The normalized spacial score (nSPS) is 14.1. The van der Waals surface area contributed by atoms with Gasteiger partial charge < -0.3 is 14.8 Å². The van der Waals surface area contributed by atoms with E-state index in [1.54, 1.807) is 7.11 Å². The molecular weight excluding hydrogens is 223 g/mol. The van der Waals surface area contributed by atoms with E-state index in [9.17, 15) is 13.2 Å². The van der Waals surface area contributed by atoms with Crippen LogP contribution in [0.15, 0.2) is 0 Å². The van der Waals surface area contributed by atoms with Crippen LogP contribution in [-0.4, -0.2) is 45.7 Å². The lowest BCUT2D eigenvalue weighted by Crippen LogP contribution is -2.32. The highest BCUT2D eigenvalue weighted by Crippen LogP contribution is 2.20. The second-order valence-corrected chi connectivity index (χ2v) is 3.64. The molecule has 3 nitrogen and oxygen atoms in total. The quantitative estimate of drug-likeness (QED) is 0.628. The largest absolute Gasteiger partial charge is 0.389 e. The third-order valence-corrected chi connectivity index (χ3v) is 1.90. The summed E-state index contributed by atoms with van der Waals surface area (Å²) in [5.74, 6) is 0. The van der Waals surface area contributed by atoms with Crippen LogP contribution < -0.4 is 5.32 Å². The molecule has 1 N–H and O–H groups in total. The number of ether oxygens (including phenoxy) is 2. The summed E-state index contributed by atoms with van der Waals surface area (Å²) in [6.45, 7) is 3.77. The van der Waals surface area contributed by atoms with Gasteiger partial charge in [0.15, 0.2) is 0 Å². The first kappa shape index (κ1) is 15.7. The Morgan fingerprint density at radius 2 is 1.94 bits per heavy atom. The van der Waals surface area contributed by atoms with Crippen LogP contribution >= 0.6 is 0 Å². The van der Waals surface area contributed by atoms with Gasteiger partial charge in [-0.25, -0.2) is 0 Å². The molecule has 98 valence electrons. The predicted octanol–water partition coefficient (Wildman–Crippen LogP) is 1.97. The summed E-state index contributed by atoms with van der Waals surface area (Å²) in [6.07, 6.45) is -4.83. The van der Waals surface area contributed by atoms with Gasteiger partial charge in [-0.1, -0.05) is 0 Å². The topological polar surface area (TPSA) is 30.5 Å². The van der Waals surface area contributed by atoms with Gasteiger partial charge in [0.2, 0.25) is 0 Å². The SMILES string of the molecule is COCC(C)NCCOCCCC(F)(F)F. The Labute approximate surface area is 94.3 Å². The highest BCUT2D eigenvalue weighted by Gasteiger charge is 2.25. The van der Waals surface area contributed by atoms with Crippen LogP contribution in [0.5, 0.6) is 0 Å². The van der Waals surface area contributed by atoms with Crippen LogP contribution in [0.1, 0.15) is 19.8 Å². The molecule has 0 spiro atoms. The Hall–Kier alpha value is -0.330. The first-order valence-electron chi connectivity index (χ1n) is 5.32. The van der Waals surface area contributed by atoms with Crippen molar-refractivity contribution >= 4 is 0 Å². The molecule has 16 heavy (non-hydrogen) atoms. The Morgan fingerprint density at radius 1 is 1.25 bits per heavy atom. The number of halogens is 3. The Balaban J connectivity index is 3.16. The average molecular weight is 243 g/mol. The minimum Gasteiger partial charge on any atom is -0.383 e. The van der Waals surface area contributed by atoms with Gasteiger partial charge in [0.1, 0.15) is 0 Å². The molecule has 0 aromatic rings. The summed E-state index contributed by atoms with van der Waals surface area (Å²) < 4.78 is 45.2. The number of rotatable bonds is 9. The first-order valence-corrected chi connectivity index (χ1v) is 5.32. The highest BCUT2D eigenvalue weighted by molar-refractivity contribution is 4.57. The third kappa shape index (κ3) is 11.7. The molecule has 0 heterocycles.